The van der Waals surface area contributed by atoms with Crippen molar-refractivity contribution in [3.63, 3.8) is 0 Å². The quantitative estimate of drug-likeness (QED) is 0.898. The van der Waals surface area contributed by atoms with E-state index in [0.29, 0.717) is 11.4 Å². The van der Waals surface area contributed by atoms with Gasteiger partial charge in [0.25, 0.3) is 0 Å². The Morgan fingerprint density at radius 2 is 2.05 bits per heavy atom. The number of rotatable bonds is 4. The van der Waals surface area contributed by atoms with Gasteiger partial charge < -0.3 is 10.5 Å². The number of benzene rings is 2. The fraction of sp³-hybridized carbons (Fsp3) is 0.200. The van der Waals surface area contributed by atoms with Crippen LogP contribution in [0.15, 0.2) is 46.9 Å². The Balaban J connectivity index is 2.23. The fourth-order valence-corrected chi connectivity index (χ4v) is 2.61. The van der Waals surface area contributed by atoms with E-state index in [4.69, 9.17) is 22.1 Å². The van der Waals surface area contributed by atoms with Crippen molar-refractivity contribution in [1.29, 1.82) is 0 Å². The largest absolute Gasteiger partial charge is 0.496 e. The summed E-state index contributed by atoms with van der Waals surface area (Å²) in [6.07, 6.45) is 0.681. The van der Waals surface area contributed by atoms with Crippen LogP contribution in [0.5, 0.6) is 5.75 Å². The van der Waals surface area contributed by atoms with Gasteiger partial charge in [0.1, 0.15) is 5.75 Å². The molecule has 1 atom stereocenters. The van der Waals surface area contributed by atoms with Crippen LogP contribution in [0.4, 0.5) is 0 Å². The number of halogens is 2. The van der Waals surface area contributed by atoms with Crippen molar-refractivity contribution in [2.24, 2.45) is 5.73 Å². The molecule has 2 aromatic carbocycles. The molecule has 0 radical (unpaired) electrons. The highest BCUT2D eigenvalue weighted by molar-refractivity contribution is 9.10. The van der Waals surface area contributed by atoms with Crippen molar-refractivity contribution in [2.45, 2.75) is 12.5 Å². The minimum absolute atomic E-state index is 0.0927. The van der Waals surface area contributed by atoms with Crippen molar-refractivity contribution in [3.8, 4) is 5.75 Å². The fourth-order valence-electron chi connectivity index (χ4n) is 2.00. The van der Waals surface area contributed by atoms with Gasteiger partial charge in [0.2, 0.25) is 0 Å². The third-order valence-corrected chi connectivity index (χ3v) is 3.69. The molecule has 0 amide bonds. The van der Waals surface area contributed by atoms with Crippen LogP contribution in [-0.2, 0) is 6.42 Å². The number of hydrogen-bond acceptors (Lipinski definition) is 2. The Morgan fingerprint density at radius 3 is 2.74 bits per heavy atom. The molecular formula is C15H15BrClNO. The average molecular weight is 341 g/mol. The van der Waals surface area contributed by atoms with Gasteiger partial charge in [0.15, 0.2) is 0 Å². The van der Waals surface area contributed by atoms with Crippen LogP contribution in [0.25, 0.3) is 0 Å². The number of hydrogen-bond donors (Lipinski definition) is 1. The topological polar surface area (TPSA) is 35.2 Å². The minimum Gasteiger partial charge on any atom is -0.496 e. The van der Waals surface area contributed by atoms with Crippen molar-refractivity contribution in [3.05, 3.63) is 63.1 Å². The summed E-state index contributed by atoms with van der Waals surface area (Å²) < 4.78 is 6.36. The molecule has 2 nitrogen and oxygen atoms in total. The highest BCUT2D eigenvalue weighted by Crippen LogP contribution is 2.27. The molecule has 0 spiro atoms. The van der Waals surface area contributed by atoms with E-state index in [9.17, 15) is 0 Å². The Morgan fingerprint density at radius 1 is 1.26 bits per heavy atom. The summed E-state index contributed by atoms with van der Waals surface area (Å²) in [5.74, 6) is 0.815. The van der Waals surface area contributed by atoms with Crippen LogP contribution >= 0.6 is 27.5 Å². The van der Waals surface area contributed by atoms with Gasteiger partial charge in [-0.1, -0.05) is 39.7 Å². The van der Waals surface area contributed by atoms with E-state index in [2.05, 4.69) is 15.9 Å². The molecular weight excluding hydrogens is 326 g/mol. The first-order chi connectivity index (χ1) is 9.10. The summed E-state index contributed by atoms with van der Waals surface area (Å²) in [4.78, 5) is 0. The van der Waals surface area contributed by atoms with Crippen LogP contribution in [0.2, 0.25) is 5.02 Å². The molecule has 2 rings (SSSR count). The maximum atomic E-state index is 6.25. The van der Waals surface area contributed by atoms with E-state index in [0.717, 1.165) is 21.3 Å². The average Bonchev–Trinajstić information content (AvgIpc) is 2.39. The molecule has 0 aromatic heterocycles. The Hall–Kier alpha value is -1.03. The zero-order chi connectivity index (χ0) is 13.8. The molecule has 0 aliphatic carbocycles. The zero-order valence-electron chi connectivity index (χ0n) is 10.6. The Kier molecular flexibility index (Phi) is 4.86. The zero-order valence-corrected chi connectivity index (χ0v) is 12.9. The molecule has 0 fully saturated rings. The number of nitrogens with two attached hydrogens (primary N) is 1. The second kappa shape index (κ2) is 6.42. The van der Waals surface area contributed by atoms with Gasteiger partial charge in [-0.3, -0.25) is 0 Å². The predicted octanol–water partition coefficient (Wildman–Crippen LogP) is 4.35. The third-order valence-electron chi connectivity index (χ3n) is 2.96. The molecule has 2 aromatic rings. The second-order valence-corrected chi connectivity index (χ2v) is 5.67. The lowest BCUT2D eigenvalue weighted by Crippen LogP contribution is -2.13. The lowest BCUT2D eigenvalue weighted by molar-refractivity contribution is 0.408. The van der Waals surface area contributed by atoms with Gasteiger partial charge in [-0.15, -0.1) is 0 Å². The monoisotopic (exact) mass is 339 g/mol. The SMILES string of the molecule is COc1ccc(Cl)cc1CC(N)c1cccc(Br)c1. The molecule has 4 heteroatoms. The van der Waals surface area contributed by atoms with Crippen LogP contribution in [0, 0.1) is 0 Å². The second-order valence-electron chi connectivity index (χ2n) is 4.32. The molecule has 19 heavy (non-hydrogen) atoms. The van der Waals surface area contributed by atoms with E-state index in [1.54, 1.807) is 7.11 Å². The first-order valence-corrected chi connectivity index (χ1v) is 7.10. The van der Waals surface area contributed by atoms with Crippen molar-refractivity contribution in [2.75, 3.05) is 7.11 Å². The first kappa shape index (κ1) is 14.4. The summed E-state index contributed by atoms with van der Waals surface area (Å²) >= 11 is 9.48. The lowest BCUT2D eigenvalue weighted by atomic mass is 9.99. The molecule has 1 unspecified atom stereocenters. The maximum Gasteiger partial charge on any atom is 0.122 e. The van der Waals surface area contributed by atoms with Gasteiger partial charge in [0, 0.05) is 15.5 Å². The Labute approximate surface area is 126 Å². The van der Waals surface area contributed by atoms with Crippen molar-refractivity contribution >= 4 is 27.5 Å². The predicted molar refractivity (Wildman–Crippen MR) is 82.8 cm³/mol. The summed E-state index contributed by atoms with van der Waals surface area (Å²) in [5.41, 5.74) is 8.35. The van der Waals surface area contributed by atoms with E-state index in [-0.39, 0.29) is 6.04 Å². The van der Waals surface area contributed by atoms with Gasteiger partial charge in [-0.25, -0.2) is 0 Å². The lowest BCUT2D eigenvalue weighted by Gasteiger charge is -2.15. The van der Waals surface area contributed by atoms with Crippen molar-refractivity contribution < 1.29 is 4.74 Å². The summed E-state index contributed by atoms with van der Waals surface area (Å²) in [7, 11) is 1.65. The standard InChI is InChI=1S/C15H15BrClNO/c1-19-15-6-5-13(17)8-11(15)9-14(18)10-3-2-4-12(16)7-10/h2-8,14H,9,18H2,1H3. The Bertz CT molecular complexity index is 574. The van der Waals surface area contributed by atoms with Crippen LogP contribution in [-0.4, -0.2) is 7.11 Å². The van der Waals surface area contributed by atoms with Gasteiger partial charge in [0.05, 0.1) is 7.11 Å². The molecule has 0 saturated heterocycles. The van der Waals surface area contributed by atoms with Crippen LogP contribution < -0.4 is 10.5 Å². The molecule has 0 aliphatic heterocycles. The highest BCUT2D eigenvalue weighted by atomic mass is 79.9. The normalized spacial score (nSPS) is 12.2. The van der Waals surface area contributed by atoms with Gasteiger partial charge >= 0.3 is 0 Å². The number of methoxy groups -OCH3 is 1. The van der Waals surface area contributed by atoms with E-state index in [1.807, 2.05) is 42.5 Å². The molecule has 0 bridgehead atoms. The van der Waals surface area contributed by atoms with Gasteiger partial charge in [-0.2, -0.15) is 0 Å². The molecule has 0 saturated carbocycles. The molecule has 0 heterocycles. The highest BCUT2D eigenvalue weighted by Gasteiger charge is 2.11. The van der Waals surface area contributed by atoms with Crippen LogP contribution in [0.3, 0.4) is 0 Å². The summed E-state index contributed by atoms with van der Waals surface area (Å²) in [5, 5.41) is 0.692. The van der Waals surface area contributed by atoms with E-state index in [1.165, 1.54) is 0 Å². The first-order valence-electron chi connectivity index (χ1n) is 5.93. The van der Waals surface area contributed by atoms with Gasteiger partial charge in [-0.05, 0) is 47.9 Å². The van der Waals surface area contributed by atoms with Crippen LogP contribution in [0.1, 0.15) is 17.2 Å². The molecule has 100 valence electrons. The minimum atomic E-state index is -0.0927. The summed E-state index contributed by atoms with van der Waals surface area (Å²) in [6, 6.07) is 13.5. The van der Waals surface area contributed by atoms with E-state index < -0.39 is 0 Å². The molecule has 2 N–H and O–H groups in total. The number of ether oxygens (including phenoxy) is 1. The smallest absolute Gasteiger partial charge is 0.122 e. The third kappa shape index (κ3) is 3.72. The summed E-state index contributed by atoms with van der Waals surface area (Å²) in [6.45, 7) is 0. The molecule has 0 aliphatic rings. The van der Waals surface area contributed by atoms with E-state index >= 15 is 0 Å². The maximum absolute atomic E-state index is 6.25. The van der Waals surface area contributed by atoms with Crippen molar-refractivity contribution in [1.82, 2.24) is 0 Å².